The number of nitrogens with zero attached hydrogens (tertiary/aromatic N) is 1. The predicted octanol–water partition coefficient (Wildman–Crippen LogP) is 2.36. The van der Waals surface area contributed by atoms with Gasteiger partial charge < -0.3 is 9.47 Å². The molecule has 0 fully saturated rings. The molecule has 1 aromatic rings. The first-order valence-corrected chi connectivity index (χ1v) is 7.44. The topological polar surface area (TPSA) is 72.0 Å². The highest BCUT2D eigenvalue weighted by Gasteiger charge is 2.11. The third kappa shape index (κ3) is 7.10. The molecule has 0 atom stereocenters. The summed E-state index contributed by atoms with van der Waals surface area (Å²) in [7, 11) is 1.63. The SMILES string of the molecule is CCOC(=O)C(=NCCCOC)NNc1ccc(Br)cc1. The van der Waals surface area contributed by atoms with Gasteiger partial charge in [-0.2, -0.15) is 0 Å². The molecule has 116 valence electrons. The highest BCUT2D eigenvalue weighted by atomic mass is 79.9. The Hall–Kier alpha value is -1.60. The zero-order valence-electron chi connectivity index (χ0n) is 12.2. The van der Waals surface area contributed by atoms with Gasteiger partial charge in [-0.3, -0.25) is 15.8 Å². The van der Waals surface area contributed by atoms with Gasteiger partial charge in [-0.15, -0.1) is 0 Å². The Morgan fingerprint density at radius 3 is 2.67 bits per heavy atom. The van der Waals surface area contributed by atoms with Gasteiger partial charge in [-0.05, 0) is 37.6 Å². The summed E-state index contributed by atoms with van der Waals surface area (Å²) in [5.74, 6) is -0.338. The van der Waals surface area contributed by atoms with Crippen molar-refractivity contribution in [2.75, 3.05) is 32.3 Å². The van der Waals surface area contributed by atoms with Crippen molar-refractivity contribution in [1.29, 1.82) is 0 Å². The number of methoxy groups -OCH3 is 1. The van der Waals surface area contributed by atoms with Crippen molar-refractivity contribution in [1.82, 2.24) is 5.43 Å². The number of hydrogen-bond acceptors (Lipinski definition) is 5. The zero-order chi connectivity index (χ0) is 15.5. The van der Waals surface area contributed by atoms with Crippen molar-refractivity contribution in [3.63, 3.8) is 0 Å². The minimum absolute atomic E-state index is 0.149. The van der Waals surface area contributed by atoms with Crippen molar-refractivity contribution in [2.45, 2.75) is 13.3 Å². The number of halogens is 1. The molecule has 0 unspecified atom stereocenters. The molecule has 1 rings (SSSR count). The first kappa shape index (κ1) is 17.5. The standard InChI is InChI=1S/C14H20BrN3O3/c1-3-21-14(19)13(16-9-4-10-20-2)18-17-12-7-5-11(15)6-8-12/h5-8,17H,3-4,9-10H2,1-2H3,(H,16,18). The zero-order valence-corrected chi connectivity index (χ0v) is 13.8. The summed E-state index contributed by atoms with van der Waals surface area (Å²) in [6, 6.07) is 7.52. The van der Waals surface area contributed by atoms with E-state index >= 15 is 0 Å². The van der Waals surface area contributed by atoms with Crippen molar-refractivity contribution >= 4 is 33.4 Å². The third-order valence-electron chi connectivity index (χ3n) is 2.41. The van der Waals surface area contributed by atoms with Crippen molar-refractivity contribution in [3.05, 3.63) is 28.7 Å². The number of esters is 1. The smallest absolute Gasteiger partial charge is 0.375 e. The van der Waals surface area contributed by atoms with Crippen LogP contribution in [0.5, 0.6) is 0 Å². The second-order valence-electron chi connectivity index (χ2n) is 4.05. The van der Waals surface area contributed by atoms with Crippen LogP contribution in [0.15, 0.2) is 33.7 Å². The summed E-state index contributed by atoms with van der Waals surface area (Å²) >= 11 is 3.36. The molecule has 0 saturated carbocycles. The van der Waals surface area contributed by atoms with Gasteiger partial charge in [0.2, 0.25) is 5.84 Å². The minimum atomic E-state index is -0.487. The van der Waals surface area contributed by atoms with Crippen LogP contribution in [-0.4, -0.2) is 38.7 Å². The molecule has 0 spiro atoms. The molecule has 0 aromatic heterocycles. The summed E-state index contributed by atoms with van der Waals surface area (Å²) in [5, 5.41) is 0. The van der Waals surface area contributed by atoms with E-state index in [4.69, 9.17) is 9.47 Å². The maximum atomic E-state index is 11.8. The van der Waals surface area contributed by atoms with Crippen LogP contribution in [0, 0.1) is 0 Å². The molecular weight excluding hydrogens is 338 g/mol. The van der Waals surface area contributed by atoms with E-state index in [0.717, 1.165) is 16.6 Å². The van der Waals surface area contributed by atoms with Gasteiger partial charge in [0.15, 0.2) is 0 Å². The molecular formula is C14H20BrN3O3. The molecule has 0 saturated heterocycles. The number of aliphatic imine (C=N–C) groups is 1. The molecule has 0 amide bonds. The van der Waals surface area contributed by atoms with E-state index in [2.05, 4.69) is 31.8 Å². The molecule has 0 heterocycles. The van der Waals surface area contributed by atoms with E-state index in [1.165, 1.54) is 0 Å². The number of benzene rings is 1. The van der Waals surface area contributed by atoms with Crippen molar-refractivity contribution in [2.24, 2.45) is 4.99 Å². The second kappa shape index (κ2) is 10.2. The highest BCUT2D eigenvalue weighted by Crippen LogP contribution is 2.13. The van der Waals surface area contributed by atoms with Crippen molar-refractivity contribution < 1.29 is 14.3 Å². The van der Waals surface area contributed by atoms with Crippen LogP contribution in [0.3, 0.4) is 0 Å². The van der Waals surface area contributed by atoms with Crippen LogP contribution in [0.25, 0.3) is 0 Å². The quantitative estimate of drug-likeness (QED) is 0.257. The number of hydrogen-bond donors (Lipinski definition) is 2. The molecule has 1 aromatic carbocycles. The molecule has 2 N–H and O–H groups in total. The number of anilines is 1. The maximum Gasteiger partial charge on any atom is 0.375 e. The van der Waals surface area contributed by atoms with E-state index < -0.39 is 5.97 Å². The van der Waals surface area contributed by atoms with Gasteiger partial charge in [0.05, 0.1) is 12.3 Å². The van der Waals surface area contributed by atoms with E-state index in [0.29, 0.717) is 19.8 Å². The number of carbonyl (C=O) groups is 1. The molecule has 0 bridgehead atoms. The second-order valence-corrected chi connectivity index (χ2v) is 4.97. The summed E-state index contributed by atoms with van der Waals surface area (Å²) in [6.45, 7) is 3.13. The summed E-state index contributed by atoms with van der Waals surface area (Å²) < 4.78 is 10.9. The number of rotatable bonds is 7. The van der Waals surface area contributed by atoms with E-state index in [-0.39, 0.29) is 5.84 Å². The average Bonchev–Trinajstić information content (AvgIpc) is 2.48. The Labute approximate surface area is 133 Å². The first-order valence-electron chi connectivity index (χ1n) is 6.65. The van der Waals surface area contributed by atoms with Crippen LogP contribution in [0.2, 0.25) is 0 Å². The van der Waals surface area contributed by atoms with E-state index in [1.54, 1.807) is 14.0 Å². The lowest BCUT2D eigenvalue weighted by atomic mass is 10.3. The lowest BCUT2D eigenvalue weighted by Gasteiger charge is -2.11. The predicted molar refractivity (Wildman–Crippen MR) is 86.3 cm³/mol. The van der Waals surface area contributed by atoms with Gasteiger partial charge in [-0.25, -0.2) is 4.79 Å². The Kier molecular flexibility index (Phi) is 8.45. The first-order chi connectivity index (χ1) is 10.2. The summed E-state index contributed by atoms with van der Waals surface area (Å²) in [5.41, 5.74) is 6.52. The molecule has 6 nitrogen and oxygen atoms in total. The lowest BCUT2D eigenvalue weighted by Crippen LogP contribution is -2.37. The van der Waals surface area contributed by atoms with Crippen LogP contribution in [0.4, 0.5) is 5.69 Å². The molecule has 0 aliphatic carbocycles. The van der Waals surface area contributed by atoms with Crippen LogP contribution < -0.4 is 10.9 Å². The molecule has 0 radical (unpaired) electrons. The largest absolute Gasteiger partial charge is 0.460 e. The monoisotopic (exact) mass is 357 g/mol. The van der Waals surface area contributed by atoms with Crippen molar-refractivity contribution in [3.8, 4) is 0 Å². The Morgan fingerprint density at radius 1 is 1.33 bits per heavy atom. The van der Waals surface area contributed by atoms with E-state index in [9.17, 15) is 4.79 Å². The maximum absolute atomic E-state index is 11.8. The number of hydrazine groups is 1. The van der Waals surface area contributed by atoms with Crippen LogP contribution in [-0.2, 0) is 14.3 Å². The lowest BCUT2D eigenvalue weighted by molar-refractivity contribution is -0.135. The van der Waals surface area contributed by atoms with Gasteiger partial charge in [0.25, 0.3) is 0 Å². The minimum Gasteiger partial charge on any atom is -0.460 e. The summed E-state index contributed by atoms with van der Waals surface area (Å²) in [6.07, 6.45) is 0.735. The normalized spacial score (nSPS) is 11.1. The van der Waals surface area contributed by atoms with Crippen LogP contribution >= 0.6 is 15.9 Å². The van der Waals surface area contributed by atoms with Gasteiger partial charge in [0.1, 0.15) is 0 Å². The highest BCUT2D eigenvalue weighted by molar-refractivity contribution is 9.10. The van der Waals surface area contributed by atoms with Gasteiger partial charge >= 0.3 is 5.97 Å². The van der Waals surface area contributed by atoms with Gasteiger partial charge in [-0.1, -0.05) is 15.9 Å². The summed E-state index contributed by atoms with van der Waals surface area (Å²) in [4.78, 5) is 16.0. The molecule has 7 heteroatoms. The fraction of sp³-hybridized carbons (Fsp3) is 0.429. The molecule has 0 aliphatic rings. The number of amidine groups is 1. The number of carbonyl (C=O) groups excluding carboxylic acids is 1. The third-order valence-corrected chi connectivity index (χ3v) is 2.94. The average molecular weight is 358 g/mol. The number of nitrogens with one attached hydrogen (secondary N) is 2. The molecule has 21 heavy (non-hydrogen) atoms. The number of ether oxygens (including phenoxy) is 2. The van der Waals surface area contributed by atoms with Gasteiger partial charge in [0, 0.05) is 24.7 Å². The van der Waals surface area contributed by atoms with Crippen LogP contribution in [0.1, 0.15) is 13.3 Å². The van der Waals surface area contributed by atoms with E-state index in [1.807, 2.05) is 24.3 Å². The Morgan fingerprint density at radius 2 is 2.05 bits per heavy atom. The fourth-order valence-electron chi connectivity index (χ4n) is 1.42. The fourth-order valence-corrected chi connectivity index (χ4v) is 1.68. The Balaban J connectivity index is 2.59. The molecule has 0 aliphatic heterocycles. The Bertz CT molecular complexity index is 463.